The maximum Gasteiger partial charge on any atom is 0.255 e. The van der Waals surface area contributed by atoms with Crippen LogP contribution >= 0.6 is 11.6 Å². The SMILES string of the molecule is Cc1cc(C)cc(NC(=O)c2ccc(Cl)c(NC(=O)[C@@H](C)c3ccc(CC(C)C)cc3)c2)c1. The number of hydrogen-bond acceptors (Lipinski definition) is 2. The second-order valence-corrected chi connectivity index (χ2v) is 9.48. The van der Waals surface area contributed by atoms with Crippen LogP contribution in [0.15, 0.2) is 60.7 Å². The summed E-state index contributed by atoms with van der Waals surface area (Å²) in [4.78, 5) is 25.7. The predicted molar refractivity (Wildman–Crippen MR) is 137 cm³/mol. The molecule has 172 valence electrons. The van der Waals surface area contributed by atoms with Gasteiger partial charge in [0.05, 0.1) is 16.6 Å². The van der Waals surface area contributed by atoms with E-state index in [1.54, 1.807) is 18.2 Å². The minimum absolute atomic E-state index is 0.180. The quantitative estimate of drug-likeness (QED) is 0.391. The molecule has 4 nitrogen and oxygen atoms in total. The van der Waals surface area contributed by atoms with Gasteiger partial charge in [-0.2, -0.15) is 0 Å². The third-order valence-corrected chi connectivity index (χ3v) is 5.81. The van der Waals surface area contributed by atoms with Crippen LogP contribution in [0.1, 0.15) is 59.3 Å². The lowest BCUT2D eigenvalue weighted by atomic mass is 9.96. The van der Waals surface area contributed by atoms with Crippen molar-refractivity contribution in [1.29, 1.82) is 0 Å². The Morgan fingerprint density at radius 2 is 1.48 bits per heavy atom. The molecule has 1 atom stereocenters. The van der Waals surface area contributed by atoms with Crippen molar-refractivity contribution in [2.75, 3.05) is 10.6 Å². The largest absolute Gasteiger partial charge is 0.324 e. The Balaban J connectivity index is 1.72. The smallest absolute Gasteiger partial charge is 0.255 e. The summed E-state index contributed by atoms with van der Waals surface area (Å²) < 4.78 is 0. The molecule has 0 heterocycles. The highest BCUT2D eigenvalue weighted by Crippen LogP contribution is 2.26. The molecule has 0 aliphatic heterocycles. The van der Waals surface area contributed by atoms with Crippen molar-refractivity contribution < 1.29 is 9.59 Å². The van der Waals surface area contributed by atoms with Crippen LogP contribution in [-0.4, -0.2) is 11.8 Å². The lowest BCUT2D eigenvalue weighted by Gasteiger charge is -2.15. The molecule has 0 bridgehead atoms. The van der Waals surface area contributed by atoms with Crippen LogP contribution < -0.4 is 10.6 Å². The maximum absolute atomic E-state index is 12.9. The first-order valence-electron chi connectivity index (χ1n) is 11.2. The molecule has 0 aliphatic carbocycles. The Kier molecular flexibility index (Phi) is 7.93. The Morgan fingerprint density at radius 3 is 2.09 bits per heavy atom. The first kappa shape index (κ1) is 24.5. The summed E-state index contributed by atoms with van der Waals surface area (Å²) in [6, 6.07) is 18.9. The predicted octanol–water partition coefficient (Wildman–Crippen LogP) is 7.15. The summed E-state index contributed by atoms with van der Waals surface area (Å²) >= 11 is 6.32. The van der Waals surface area contributed by atoms with E-state index in [0.717, 1.165) is 28.8 Å². The molecule has 0 fully saturated rings. The molecule has 2 amide bonds. The molecule has 2 N–H and O–H groups in total. The molecule has 0 unspecified atom stereocenters. The van der Waals surface area contributed by atoms with Gasteiger partial charge in [0.15, 0.2) is 0 Å². The molecule has 3 aromatic carbocycles. The summed E-state index contributed by atoms with van der Waals surface area (Å²) in [5, 5.41) is 6.17. The minimum atomic E-state index is -0.359. The zero-order valence-corrected chi connectivity index (χ0v) is 20.6. The molecular formula is C28H31ClN2O2. The summed E-state index contributed by atoms with van der Waals surface area (Å²) in [5.74, 6) is -0.221. The molecule has 0 aromatic heterocycles. The van der Waals surface area contributed by atoms with E-state index in [9.17, 15) is 9.59 Å². The van der Waals surface area contributed by atoms with E-state index >= 15 is 0 Å². The van der Waals surface area contributed by atoms with E-state index < -0.39 is 0 Å². The topological polar surface area (TPSA) is 58.2 Å². The standard InChI is InChI=1S/C28H31ClN2O2/c1-17(2)12-21-6-8-22(9-7-21)20(5)27(32)31-26-16-23(10-11-25(26)29)28(33)30-24-14-18(3)13-19(4)15-24/h6-11,13-17,20H,12H2,1-5H3,(H,30,33)(H,31,32)/t20-/m0/s1. The molecule has 0 saturated heterocycles. The summed E-state index contributed by atoms with van der Waals surface area (Å²) in [6.07, 6.45) is 1.01. The second kappa shape index (κ2) is 10.7. The number of benzene rings is 3. The molecule has 0 saturated carbocycles. The average Bonchev–Trinajstić information content (AvgIpc) is 2.74. The van der Waals surface area contributed by atoms with Gasteiger partial charge < -0.3 is 10.6 Å². The van der Waals surface area contributed by atoms with Crippen molar-refractivity contribution in [1.82, 2.24) is 0 Å². The lowest BCUT2D eigenvalue weighted by molar-refractivity contribution is -0.117. The first-order valence-corrected chi connectivity index (χ1v) is 11.6. The summed E-state index contributed by atoms with van der Waals surface area (Å²) in [6.45, 7) is 10.2. The van der Waals surface area contributed by atoms with Gasteiger partial charge >= 0.3 is 0 Å². The minimum Gasteiger partial charge on any atom is -0.324 e. The van der Waals surface area contributed by atoms with Gasteiger partial charge in [0.2, 0.25) is 5.91 Å². The Hall–Kier alpha value is -3.11. The van der Waals surface area contributed by atoms with Crippen LogP contribution in [0.5, 0.6) is 0 Å². The van der Waals surface area contributed by atoms with E-state index in [1.165, 1.54) is 5.56 Å². The number of halogens is 1. The monoisotopic (exact) mass is 462 g/mol. The second-order valence-electron chi connectivity index (χ2n) is 9.08. The van der Waals surface area contributed by atoms with Crippen LogP contribution in [0, 0.1) is 19.8 Å². The fourth-order valence-corrected chi connectivity index (χ4v) is 3.98. The summed E-state index contributed by atoms with van der Waals surface area (Å²) in [7, 11) is 0. The molecule has 5 heteroatoms. The highest BCUT2D eigenvalue weighted by molar-refractivity contribution is 6.34. The van der Waals surface area contributed by atoms with Crippen LogP contribution in [-0.2, 0) is 11.2 Å². The van der Waals surface area contributed by atoms with Crippen molar-refractivity contribution in [3.05, 3.63) is 93.5 Å². The van der Waals surface area contributed by atoms with Crippen LogP contribution in [0.25, 0.3) is 0 Å². The number of carbonyl (C=O) groups is 2. The molecule has 3 aromatic rings. The van der Waals surface area contributed by atoms with Crippen LogP contribution in [0.2, 0.25) is 5.02 Å². The van der Waals surface area contributed by atoms with E-state index in [4.69, 9.17) is 11.6 Å². The van der Waals surface area contributed by atoms with E-state index in [2.05, 4.69) is 36.6 Å². The average molecular weight is 463 g/mol. The van der Waals surface area contributed by atoms with Gasteiger partial charge in [-0.25, -0.2) is 0 Å². The molecule has 0 aliphatic rings. The van der Waals surface area contributed by atoms with Crippen molar-refractivity contribution in [2.24, 2.45) is 5.92 Å². The van der Waals surface area contributed by atoms with Gasteiger partial charge in [0.25, 0.3) is 5.91 Å². The zero-order valence-electron chi connectivity index (χ0n) is 19.8. The van der Waals surface area contributed by atoms with Gasteiger partial charge in [-0.15, -0.1) is 0 Å². The fourth-order valence-electron chi connectivity index (χ4n) is 3.82. The van der Waals surface area contributed by atoms with Crippen molar-refractivity contribution in [2.45, 2.75) is 47.0 Å². The molecule has 3 rings (SSSR count). The number of hydrogen-bond donors (Lipinski definition) is 2. The highest BCUT2D eigenvalue weighted by atomic mass is 35.5. The van der Waals surface area contributed by atoms with Gasteiger partial charge in [-0.1, -0.05) is 55.8 Å². The number of anilines is 2. The zero-order chi connectivity index (χ0) is 24.1. The third kappa shape index (κ3) is 6.69. The van der Waals surface area contributed by atoms with Gasteiger partial charge in [0.1, 0.15) is 0 Å². The van der Waals surface area contributed by atoms with E-state index in [1.807, 2.05) is 51.1 Å². The first-order chi connectivity index (χ1) is 15.6. The Labute approximate surface area is 201 Å². The maximum atomic E-state index is 12.9. The van der Waals surface area contributed by atoms with E-state index in [0.29, 0.717) is 22.2 Å². The van der Waals surface area contributed by atoms with Crippen molar-refractivity contribution in [3.8, 4) is 0 Å². The third-order valence-electron chi connectivity index (χ3n) is 5.48. The lowest BCUT2D eigenvalue weighted by Crippen LogP contribution is -2.20. The molecule has 0 spiro atoms. The van der Waals surface area contributed by atoms with Crippen LogP contribution in [0.3, 0.4) is 0 Å². The normalized spacial score (nSPS) is 11.8. The highest BCUT2D eigenvalue weighted by Gasteiger charge is 2.18. The Morgan fingerprint density at radius 1 is 0.848 bits per heavy atom. The Bertz CT molecular complexity index is 1130. The van der Waals surface area contributed by atoms with Crippen molar-refractivity contribution in [3.63, 3.8) is 0 Å². The molecule has 0 radical (unpaired) electrons. The van der Waals surface area contributed by atoms with E-state index in [-0.39, 0.29) is 17.7 Å². The number of aryl methyl sites for hydroxylation is 2. The van der Waals surface area contributed by atoms with Gasteiger partial charge in [-0.3, -0.25) is 9.59 Å². The van der Waals surface area contributed by atoms with Gasteiger partial charge in [-0.05, 0) is 85.7 Å². The summed E-state index contributed by atoms with van der Waals surface area (Å²) in [5.41, 5.74) is 5.89. The van der Waals surface area contributed by atoms with Crippen molar-refractivity contribution >= 4 is 34.8 Å². The van der Waals surface area contributed by atoms with Gasteiger partial charge in [0, 0.05) is 11.3 Å². The van der Waals surface area contributed by atoms with Crippen LogP contribution in [0.4, 0.5) is 11.4 Å². The number of amides is 2. The number of carbonyl (C=O) groups excluding carboxylic acids is 2. The number of nitrogens with one attached hydrogen (secondary N) is 2. The molecule has 33 heavy (non-hydrogen) atoms. The molecular weight excluding hydrogens is 432 g/mol. The fraction of sp³-hybridized carbons (Fsp3) is 0.286. The number of rotatable bonds is 7.